The molecule has 164 valence electrons. The van der Waals surface area contributed by atoms with Crippen LogP contribution in [0.1, 0.15) is 22.6 Å². The average molecular weight is 431 g/mol. The third-order valence-corrected chi connectivity index (χ3v) is 5.09. The highest BCUT2D eigenvalue weighted by atomic mass is 16.3. The van der Waals surface area contributed by atoms with Crippen molar-refractivity contribution < 1.29 is 14.3 Å². The van der Waals surface area contributed by atoms with Crippen LogP contribution in [0.3, 0.4) is 0 Å². The number of nitrogens with zero attached hydrogens (tertiary/aromatic N) is 3. The molecule has 0 saturated heterocycles. The number of para-hydroxylation sites is 1. The highest BCUT2D eigenvalue weighted by Gasteiger charge is 2.17. The fourth-order valence-corrected chi connectivity index (χ4v) is 3.53. The fraction of sp³-hybridized carbons (Fsp3) is 0.200. The lowest BCUT2D eigenvalue weighted by Gasteiger charge is -2.21. The molecular formula is C25H26N4O3. The molecule has 2 aromatic carbocycles. The molecule has 0 unspecified atom stereocenters. The Morgan fingerprint density at radius 3 is 2.56 bits per heavy atom. The Morgan fingerprint density at radius 2 is 1.84 bits per heavy atom. The summed E-state index contributed by atoms with van der Waals surface area (Å²) in [7, 11) is 0. The molecule has 0 aliphatic rings. The molecule has 0 bridgehead atoms. The number of rotatable bonds is 8. The van der Waals surface area contributed by atoms with E-state index in [9.17, 15) is 9.90 Å². The molecule has 4 aromatic rings. The van der Waals surface area contributed by atoms with E-state index < -0.39 is 0 Å². The maximum Gasteiger partial charge on any atom is 0.239 e. The zero-order valence-electron chi connectivity index (χ0n) is 18.2. The molecule has 2 aromatic heterocycles. The Bertz CT molecular complexity index is 1180. The van der Waals surface area contributed by atoms with Gasteiger partial charge in [0.15, 0.2) is 0 Å². The van der Waals surface area contributed by atoms with Crippen LogP contribution in [0, 0.1) is 13.8 Å². The molecule has 0 saturated carbocycles. The van der Waals surface area contributed by atoms with Gasteiger partial charge in [-0.05, 0) is 44.2 Å². The second-order valence-electron chi connectivity index (χ2n) is 7.82. The van der Waals surface area contributed by atoms with Crippen LogP contribution in [0.25, 0.3) is 5.69 Å². The molecule has 0 radical (unpaired) electrons. The number of carbonyl (C=O) groups excluding carboxylic acids is 1. The van der Waals surface area contributed by atoms with Crippen LogP contribution in [0.4, 0.5) is 5.82 Å². The van der Waals surface area contributed by atoms with Crippen molar-refractivity contribution in [3.63, 3.8) is 0 Å². The molecule has 0 spiro atoms. The lowest BCUT2D eigenvalue weighted by Crippen LogP contribution is -2.33. The summed E-state index contributed by atoms with van der Waals surface area (Å²) in [4.78, 5) is 14.9. The van der Waals surface area contributed by atoms with E-state index >= 15 is 0 Å². The van der Waals surface area contributed by atoms with Crippen molar-refractivity contribution in [2.24, 2.45) is 0 Å². The van der Waals surface area contributed by atoms with Gasteiger partial charge in [-0.15, -0.1) is 0 Å². The smallest absolute Gasteiger partial charge is 0.239 e. The molecule has 2 N–H and O–H groups in total. The minimum atomic E-state index is -0.180. The first-order valence-corrected chi connectivity index (χ1v) is 10.4. The van der Waals surface area contributed by atoms with Crippen molar-refractivity contribution in [2.75, 3.05) is 11.9 Å². The first kappa shape index (κ1) is 21.4. The van der Waals surface area contributed by atoms with Crippen molar-refractivity contribution in [1.29, 1.82) is 0 Å². The number of furan rings is 1. The molecule has 0 atom stereocenters. The first-order valence-electron chi connectivity index (χ1n) is 10.4. The van der Waals surface area contributed by atoms with Crippen LogP contribution < -0.4 is 5.32 Å². The normalized spacial score (nSPS) is 11.1. The Balaban J connectivity index is 1.51. The van der Waals surface area contributed by atoms with Gasteiger partial charge in [-0.3, -0.25) is 9.69 Å². The number of benzene rings is 2. The largest absolute Gasteiger partial charge is 0.508 e. The molecule has 7 nitrogen and oxygen atoms in total. The van der Waals surface area contributed by atoms with E-state index in [4.69, 9.17) is 4.42 Å². The van der Waals surface area contributed by atoms with Gasteiger partial charge < -0.3 is 14.8 Å². The number of aromatic nitrogens is 2. The van der Waals surface area contributed by atoms with Gasteiger partial charge in [-0.2, -0.15) is 5.10 Å². The van der Waals surface area contributed by atoms with E-state index in [1.54, 1.807) is 23.1 Å². The molecular weight excluding hydrogens is 404 g/mol. The number of phenolic OH excluding ortho intramolecular Hbond substituents is 1. The molecule has 4 rings (SSSR count). The maximum atomic E-state index is 13.0. The highest BCUT2D eigenvalue weighted by Crippen LogP contribution is 2.20. The molecule has 7 heteroatoms. The minimum Gasteiger partial charge on any atom is -0.508 e. The predicted molar refractivity (Wildman–Crippen MR) is 123 cm³/mol. The zero-order chi connectivity index (χ0) is 22.5. The molecule has 0 fully saturated rings. The second kappa shape index (κ2) is 9.53. The van der Waals surface area contributed by atoms with Crippen molar-refractivity contribution in [2.45, 2.75) is 26.9 Å². The summed E-state index contributed by atoms with van der Waals surface area (Å²) in [6.07, 6.45) is 1.61. The summed E-state index contributed by atoms with van der Waals surface area (Å²) in [6.45, 7) is 4.87. The second-order valence-corrected chi connectivity index (χ2v) is 7.82. The monoisotopic (exact) mass is 430 g/mol. The Morgan fingerprint density at radius 1 is 1.06 bits per heavy atom. The van der Waals surface area contributed by atoms with Crippen molar-refractivity contribution >= 4 is 11.7 Å². The third-order valence-electron chi connectivity index (χ3n) is 5.09. The number of hydrogen-bond acceptors (Lipinski definition) is 5. The SMILES string of the molecule is Cc1ccc(-n2nc(C)cc2NC(=O)CN(Cc2ccco2)Cc2ccccc2O)cc1. The summed E-state index contributed by atoms with van der Waals surface area (Å²) in [5, 5.41) is 17.7. The topological polar surface area (TPSA) is 83.5 Å². The average Bonchev–Trinajstić information content (AvgIpc) is 3.39. The van der Waals surface area contributed by atoms with Gasteiger partial charge in [0.25, 0.3) is 0 Å². The van der Waals surface area contributed by atoms with Gasteiger partial charge in [-0.25, -0.2) is 4.68 Å². The van der Waals surface area contributed by atoms with Crippen LogP contribution >= 0.6 is 0 Å². The molecule has 0 aliphatic carbocycles. The lowest BCUT2D eigenvalue weighted by atomic mass is 10.2. The van der Waals surface area contributed by atoms with Gasteiger partial charge in [-0.1, -0.05) is 35.9 Å². The van der Waals surface area contributed by atoms with Gasteiger partial charge in [0.1, 0.15) is 17.3 Å². The highest BCUT2D eigenvalue weighted by molar-refractivity contribution is 5.91. The summed E-state index contributed by atoms with van der Waals surface area (Å²) in [5.41, 5.74) is 3.58. The number of anilines is 1. The number of aromatic hydroxyl groups is 1. The van der Waals surface area contributed by atoms with Crippen LogP contribution in [0.15, 0.2) is 77.4 Å². The standard InChI is InChI=1S/C25H26N4O3/c1-18-9-11-21(12-10-18)29-24(14-19(2)27-29)26-25(31)17-28(16-22-7-5-13-32-22)15-20-6-3-4-8-23(20)30/h3-14,30H,15-17H2,1-2H3,(H,26,31). The summed E-state index contributed by atoms with van der Waals surface area (Å²) >= 11 is 0. The van der Waals surface area contributed by atoms with Crippen LogP contribution in [0.2, 0.25) is 0 Å². The number of nitrogens with one attached hydrogen (secondary N) is 1. The van der Waals surface area contributed by atoms with E-state index in [-0.39, 0.29) is 18.2 Å². The van der Waals surface area contributed by atoms with E-state index in [1.165, 1.54) is 0 Å². The number of carbonyl (C=O) groups is 1. The van der Waals surface area contributed by atoms with Crippen molar-refractivity contribution in [1.82, 2.24) is 14.7 Å². The van der Waals surface area contributed by atoms with Gasteiger partial charge in [0.2, 0.25) is 5.91 Å². The summed E-state index contributed by atoms with van der Waals surface area (Å²) in [6, 6.07) is 20.6. The summed E-state index contributed by atoms with van der Waals surface area (Å²) < 4.78 is 7.20. The van der Waals surface area contributed by atoms with Gasteiger partial charge in [0, 0.05) is 18.2 Å². The van der Waals surface area contributed by atoms with Crippen LogP contribution in [-0.2, 0) is 17.9 Å². The number of hydrogen-bond donors (Lipinski definition) is 2. The molecule has 1 amide bonds. The van der Waals surface area contributed by atoms with E-state index in [2.05, 4.69) is 10.4 Å². The lowest BCUT2D eigenvalue weighted by molar-refractivity contribution is -0.117. The van der Waals surface area contributed by atoms with E-state index in [0.29, 0.717) is 18.9 Å². The molecule has 0 aliphatic heterocycles. The molecule has 2 heterocycles. The van der Waals surface area contributed by atoms with Crippen LogP contribution in [-0.4, -0.2) is 32.2 Å². The Hall–Kier alpha value is -3.84. The third kappa shape index (κ3) is 5.25. The van der Waals surface area contributed by atoms with Gasteiger partial charge >= 0.3 is 0 Å². The quantitative estimate of drug-likeness (QED) is 0.432. The molecule has 32 heavy (non-hydrogen) atoms. The van der Waals surface area contributed by atoms with Crippen molar-refractivity contribution in [3.8, 4) is 11.4 Å². The number of aryl methyl sites for hydroxylation is 2. The Labute approximate surface area is 186 Å². The first-order chi connectivity index (χ1) is 15.5. The maximum absolute atomic E-state index is 13.0. The van der Waals surface area contributed by atoms with E-state index in [1.807, 2.05) is 73.3 Å². The predicted octanol–water partition coefficient (Wildman–Crippen LogP) is 4.43. The number of amides is 1. The number of phenols is 1. The Kier molecular flexibility index (Phi) is 6.37. The van der Waals surface area contributed by atoms with Crippen LogP contribution in [0.5, 0.6) is 5.75 Å². The minimum absolute atomic E-state index is 0.118. The zero-order valence-corrected chi connectivity index (χ0v) is 18.2. The van der Waals surface area contributed by atoms with Crippen molar-refractivity contribution in [3.05, 3.63) is 95.6 Å². The fourth-order valence-electron chi connectivity index (χ4n) is 3.53. The van der Waals surface area contributed by atoms with E-state index in [0.717, 1.165) is 28.3 Å². The summed E-state index contributed by atoms with van der Waals surface area (Å²) in [5.74, 6) is 1.37. The van der Waals surface area contributed by atoms with Gasteiger partial charge in [0.05, 0.1) is 30.7 Å².